The summed E-state index contributed by atoms with van der Waals surface area (Å²) in [6, 6.07) is 0.115. The Morgan fingerprint density at radius 3 is 2.25 bits per heavy atom. The summed E-state index contributed by atoms with van der Waals surface area (Å²) in [5.41, 5.74) is 5.59. The fourth-order valence-corrected chi connectivity index (χ4v) is 2.60. The topological polar surface area (TPSA) is 66.5 Å². The van der Waals surface area contributed by atoms with E-state index in [1.165, 1.54) is 0 Å². The second-order valence-corrected chi connectivity index (χ2v) is 4.03. The number of fused-ring (bicyclic) bond motifs is 2. The monoisotopic (exact) mass is 169 g/mol. The van der Waals surface area contributed by atoms with Gasteiger partial charge in [-0.15, -0.1) is 0 Å². The van der Waals surface area contributed by atoms with Crippen LogP contribution in [0.25, 0.3) is 0 Å². The predicted octanol–water partition coefficient (Wildman–Crippen LogP) is -0.509. The van der Waals surface area contributed by atoms with Gasteiger partial charge in [0.05, 0.1) is 13.2 Å². The van der Waals surface area contributed by atoms with Crippen molar-refractivity contribution in [3.05, 3.63) is 12.2 Å². The van der Waals surface area contributed by atoms with Crippen LogP contribution in [-0.2, 0) is 0 Å². The Bertz CT molecular complexity index is 211. The quantitative estimate of drug-likeness (QED) is 0.488. The molecule has 1 fully saturated rings. The van der Waals surface area contributed by atoms with E-state index in [1.54, 1.807) is 0 Å². The summed E-state index contributed by atoms with van der Waals surface area (Å²) in [4.78, 5) is 0. The smallest absolute Gasteiger partial charge is 0.0515 e. The number of nitrogens with two attached hydrogens (primary N) is 1. The Kier molecular flexibility index (Phi) is 1.75. The van der Waals surface area contributed by atoms with Gasteiger partial charge in [-0.25, -0.2) is 0 Å². The van der Waals surface area contributed by atoms with Gasteiger partial charge in [-0.05, 0) is 12.3 Å². The first-order chi connectivity index (χ1) is 5.73. The Labute approximate surface area is 71.9 Å². The summed E-state index contributed by atoms with van der Waals surface area (Å²) in [6.45, 7) is 0.0887. The molecule has 2 rings (SSSR count). The largest absolute Gasteiger partial charge is 0.396 e. The van der Waals surface area contributed by atoms with Gasteiger partial charge in [0.25, 0.3) is 0 Å². The minimum atomic E-state index is -0.334. The van der Waals surface area contributed by atoms with Crippen molar-refractivity contribution in [1.82, 2.24) is 0 Å². The minimum absolute atomic E-state index is 0.0444. The number of hydrogen-bond acceptors (Lipinski definition) is 3. The Morgan fingerprint density at radius 1 is 1.33 bits per heavy atom. The van der Waals surface area contributed by atoms with Crippen LogP contribution in [0.15, 0.2) is 12.2 Å². The molecule has 1 saturated carbocycles. The molecule has 3 atom stereocenters. The van der Waals surface area contributed by atoms with Crippen molar-refractivity contribution in [1.29, 1.82) is 0 Å². The van der Waals surface area contributed by atoms with E-state index >= 15 is 0 Å². The lowest BCUT2D eigenvalue weighted by Gasteiger charge is -2.31. The third-order valence-electron chi connectivity index (χ3n) is 3.45. The van der Waals surface area contributed by atoms with Gasteiger partial charge < -0.3 is 15.9 Å². The lowest BCUT2D eigenvalue weighted by atomic mass is 9.77. The van der Waals surface area contributed by atoms with Crippen LogP contribution in [-0.4, -0.2) is 29.5 Å². The first-order valence-electron chi connectivity index (χ1n) is 4.39. The zero-order chi connectivity index (χ0) is 8.77. The highest BCUT2D eigenvalue weighted by molar-refractivity contribution is 5.21. The molecule has 2 aliphatic rings. The maximum atomic E-state index is 9.21. The van der Waals surface area contributed by atoms with Crippen LogP contribution in [0.4, 0.5) is 0 Å². The lowest BCUT2D eigenvalue weighted by Crippen LogP contribution is -2.38. The first-order valence-corrected chi connectivity index (χ1v) is 4.39. The van der Waals surface area contributed by atoms with E-state index in [2.05, 4.69) is 6.08 Å². The van der Waals surface area contributed by atoms with Gasteiger partial charge in [0.2, 0.25) is 0 Å². The van der Waals surface area contributed by atoms with Crippen LogP contribution in [0.5, 0.6) is 0 Å². The van der Waals surface area contributed by atoms with Crippen molar-refractivity contribution < 1.29 is 10.2 Å². The molecule has 0 radical (unpaired) electrons. The maximum absolute atomic E-state index is 9.21. The van der Waals surface area contributed by atoms with Crippen molar-refractivity contribution in [3.8, 4) is 0 Å². The standard InChI is InChI=1S/C9H15NO2/c10-8-6-1-2-7(8)9(3-6,4-11)5-12/h1-2,6-8,11-12H,3-5,10H2/t6-,7-,8+/m1/s1. The van der Waals surface area contributed by atoms with Crippen molar-refractivity contribution in [2.45, 2.75) is 12.5 Å². The van der Waals surface area contributed by atoms with Crippen LogP contribution >= 0.6 is 0 Å². The minimum Gasteiger partial charge on any atom is -0.396 e. The first kappa shape index (κ1) is 8.23. The fourth-order valence-electron chi connectivity index (χ4n) is 2.60. The average molecular weight is 169 g/mol. The van der Waals surface area contributed by atoms with Crippen molar-refractivity contribution in [2.75, 3.05) is 13.2 Å². The van der Waals surface area contributed by atoms with Gasteiger partial charge >= 0.3 is 0 Å². The molecule has 0 amide bonds. The molecule has 0 saturated heterocycles. The third-order valence-corrected chi connectivity index (χ3v) is 3.45. The van der Waals surface area contributed by atoms with Crippen LogP contribution in [0, 0.1) is 17.3 Å². The summed E-state index contributed by atoms with van der Waals surface area (Å²) in [5, 5.41) is 18.4. The van der Waals surface area contributed by atoms with Crippen LogP contribution in [0.3, 0.4) is 0 Å². The normalized spacial score (nSPS) is 42.4. The second-order valence-electron chi connectivity index (χ2n) is 4.03. The molecular weight excluding hydrogens is 154 g/mol. The molecule has 4 N–H and O–H groups in total. The Balaban J connectivity index is 2.26. The molecule has 0 aliphatic heterocycles. The number of hydrogen-bond donors (Lipinski definition) is 3. The van der Waals surface area contributed by atoms with E-state index in [-0.39, 0.29) is 30.6 Å². The van der Waals surface area contributed by atoms with Gasteiger partial charge in [0.1, 0.15) is 0 Å². The highest BCUT2D eigenvalue weighted by atomic mass is 16.3. The van der Waals surface area contributed by atoms with Gasteiger partial charge in [-0.2, -0.15) is 0 Å². The van der Waals surface area contributed by atoms with E-state index in [4.69, 9.17) is 5.73 Å². The van der Waals surface area contributed by atoms with Crippen molar-refractivity contribution >= 4 is 0 Å². The lowest BCUT2D eigenvalue weighted by molar-refractivity contribution is 0.0319. The SMILES string of the molecule is N[C@H]1[C@@H]2C=C[C@H]1C(CO)(CO)C2. The summed E-state index contributed by atoms with van der Waals surface area (Å²) in [7, 11) is 0. The predicted molar refractivity (Wildman–Crippen MR) is 45.3 cm³/mol. The van der Waals surface area contributed by atoms with E-state index in [9.17, 15) is 10.2 Å². The van der Waals surface area contributed by atoms with Crippen molar-refractivity contribution in [3.63, 3.8) is 0 Å². The summed E-state index contributed by atoms with van der Waals surface area (Å²) in [6.07, 6.45) is 4.99. The number of aliphatic hydroxyl groups excluding tert-OH is 2. The summed E-state index contributed by atoms with van der Waals surface area (Å²) < 4.78 is 0. The molecule has 0 aromatic heterocycles. The van der Waals surface area contributed by atoms with E-state index in [0.29, 0.717) is 5.92 Å². The van der Waals surface area contributed by atoms with Gasteiger partial charge in [0.15, 0.2) is 0 Å². The molecule has 0 aromatic rings. The van der Waals surface area contributed by atoms with E-state index in [1.807, 2.05) is 6.08 Å². The highest BCUT2D eigenvalue weighted by Gasteiger charge is 2.52. The van der Waals surface area contributed by atoms with Crippen LogP contribution < -0.4 is 5.73 Å². The Morgan fingerprint density at radius 2 is 2.00 bits per heavy atom. The zero-order valence-corrected chi connectivity index (χ0v) is 6.98. The van der Waals surface area contributed by atoms with Crippen molar-refractivity contribution in [2.24, 2.45) is 23.0 Å². The van der Waals surface area contributed by atoms with Gasteiger partial charge in [-0.3, -0.25) is 0 Å². The molecule has 0 unspecified atom stereocenters. The molecule has 3 nitrogen and oxygen atoms in total. The Hall–Kier alpha value is -0.380. The van der Waals surface area contributed by atoms with E-state index < -0.39 is 0 Å². The molecular formula is C9H15NO2. The number of aliphatic hydroxyl groups is 2. The van der Waals surface area contributed by atoms with Gasteiger partial charge in [-0.1, -0.05) is 12.2 Å². The molecule has 0 aromatic carbocycles. The highest BCUT2D eigenvalue weighted by Crippen LogP contribution is 2.50. The average Bonchev–Trinajstić information content (AvgIpc) is 2.60. The molecule has 0 spiro atoms. The molecule has 3 heteroatoms. The summed E-state index contributed by atoms with van der Waals surface area (Å²) >= 11 is 0. The maximum Gasteiger partial charge on any atom is 0.0515 e. The summed E-state index contributed by atoms with van der Waals surface area (Å²) in [5.74, 6) is 0.548. The van der Waals surface area contributed by atoms with E-state index in [0.717, 1.165) is 6.42 Å². The fraction of sp³-hybridized carbons (Fsp3) is 0.778. The molecule has 2 bridgehead atoms. The second kappa shape index (κ2) is 2.55. The zero-order valence-electron chi connectivity index (χ0n) is 6.98. The van der Waals surface area contributed by atoms with Crippen LogP contribution in [0.2, 0.25) is 0 Å². The molecule has 0 heterocycles. The third kappa shape index (κ3) is 0.815. The number of rotatable bonds is 2. The molecule has 2 aliphatic carbocycles. The molecule has 68 valence electrons. The molecule has 12 heavy (non-hydrogen) atoms. The van der Waals surface area contributed by atoms with Gasteiger partial charge in [0, 0.05) is 17.4 Å². The van der Waals surface area contributed by atoms with Crippen LogP contribution in [0.1, 0.15) is 6.42 Å².